The highest BCUT2D eigenvalue weighted by molar-refractivity contribution is 7.98. The molecule has 0 saturated heterocycles. The van der Waals surface area contributed by atoms with Crippen LogP contribution in [0.4, 0.5) is 4.79 Å². The Kier molecular flexibility index (Phi) is 13.6. The fraction of sp³-hybridized carbons (Fsp3) is 0.469. The summed E-state index contributed by atoms with van der Waals surface area (Å²) in [5.74, 6) is 2.62. The lowest BCUT2D eigenvalue weighted by Gasteiger charge is -2.34. The van der Waals surface area contributed by atoms with Crippen molar-refractivity contribution in [1.82, 2.24) is 15.5 Å². The van der Waals surface area contributed by atoms with Crippen molar-refractivity contribution in [2.75, 3.05) is 18.6 Å². The summed E-state index contributed by atoms with van der Waals surface area (Å²) >= 11 is 1.58. The van der Waals surface area contributed by atoms with E-state index in [1.165, 1.54) is 0 Å². The van der Waals surface area contributed by atoms with Crippen LogP contribution >= 0.6 is 11.8 Å². The number of unbranched alkanes of at least 4 members (excludes halogenated alkanes) is 2. The van der Waals surface area contributed by atoms with Crippen molar-refractivity contribution in [3.05, 3.63) is 71.3 Å². The Bertz CT molecular complexity index is 1120. The van der Waals surface area contributed by atoms with Crippen molar-refractivity contribution in [2.45, 2.75) is 77.6 Å². The molecular formula is C32H43N3O4S. The van der Waals surface area contributed by atoms with E-state index < -0.39 is 23.8 Å². The lowest BCUT2D eigenvalue weighted by atomic mass is 10.00. The third-order valence-corrected chi connectivity index (χ3v) is 6.79. The van der Waals surface area contributed by atoms with E-state index in [1.54, 1.807) is 61.7 Å². The Morgan fingerprint density at radius 2 is 1.73 bits per heavy atom. The Morgan fingerprint density at radius 1 is 1.05 bits per heavy atom. The van der Waals surface area contributed by atoms with Crippen LogP contribution in [0.25, 0.3) is 0 Å². The monoisotopic (exact) mass is 565 g/mol. The molecule has 216 valence electrons. The van der Waals surface area contributed by atoms with E-state index in [0.717, 1.165) is 24.8 Å². The van der Waals surface area contributed by atoms with Gasteiger partial charge in [-0.15, -0.1) is 6.42 Å². The molecule has 2 N–H and O–H groups in total. The van der Waals surface area contributed by atoms with Crippen LogP contribution in [-0.2, 0) is 20.9 Å². The molecule has 40 heavy (non-hydrogen) atoms. The SMILES string of the molecule is C#Cc1ccc(C(C(=O)NCc2ccccc2)N(CCCCC)C(=O)C(CCSC)NC(=O)OC(C)(C)C)cc1. The largest absolute Gasteiger partial charge is 0.444 e. The first-order valence-corrected chi connectivity index (χ1v) is 15.2. The van der Waals surface area contributed by atoms with Gasteiger partial charge in [0.2, 0.25) is 11.8 Å². The Labute approximate surface area is 243 Å². The Morgan fingerprint density at radius 3 is 2.30 bits per heavy atom. The van der Waals surface area contributed by atoms with Gasteiger partial charge in [-0.2, -0.15) is 11.8 Å². The zero-order chi connectivity index (χ0) is 29.5. The highest BCUT2D eigenvalue weighted by atomic mass is 32.2. The van der Waals surface area contributed by atoms with Crippen molar-refractivity contribution in [2.24, 2.45) is 0 Å². The minimum Gasteiger partial charge on any atom is -0.444 e. The van der Waals surface area contributed by atoms with Gasteiger partial charge in [-0.25, -0.2) is 4.79 Å². The topological polar surface area (TPSA) is 87.7 Å². The standard InChI is InChI=1S/C32H43N3O4S/c1-7-9-13-21-35(30(37)27(20-22-40-6)34-31(38)39-32(3,4)5)28(26-18-16-24(8-2)17-19-26)29(36)33-23-25-14-11-10-12-15-25/h2,10-12,14-19,27-28H,7,9,13,20-23H2,1,3-6H3,(H,33,36)(H,34,38). The third kappa shape index (κ3) is 11.0. The van der Waals surface area contributed by atoms with Gasteiger partial charge in [0.15, 0.2) is 0 Å². The molecule has 2 aromatic rings. The first kappa shape index (κ1) is 32.8. The molecule has 0 aromatic heterocycles. The zero-order valence-electron chi connectivity index (χ0n) is 24.4. The molecule has 2 rings (SSSR count). The van der Waals surface area contributed by atoms with Crippen molar-refractivity contribution in [3.8, 4) is 12.3 Å². The zero-order valence-corrected chi connectivity index (χ0v) is 25.2. The predicted molar refractivity (Wildman–Crippen MR) is 163 cm³/mol. The fourth-order valence-electron chi connectivity index (χ4n) is 4.16. The van der Waals surface area contributed by atoms with Crippen LogP contribution in [0.15, 0.2) is 54.6 Å². The van der Waals surface area contributed by atoms with Gasteiger partial charge in [0.25, 0.3) is 0 Å². The van der Waals surface area contributed by atoms with Gasteiger partial charge >= 0.3 is 6.09 Å². The van der Waals surface area contributed by atoms with Gasteiger partial charge in [0, 0.05) is 18.7 Å². The number of hydrogen-bond acceptors (Lipinski definition) is 5. The van der Waals surface area contributed by atoms with Crippen molar-refractivity contribution < 1.29 is 19.1 Å². The summed E-state index contributed by atoms with van der Waals surface area (Å²) in [6.45, 7) is 8.08. The smallest absolute Gasteiger partial charge is 0.408 e. The molecule has 0 fully saturated rings. The molecule has 0 bridgehead atoms. The number of carbonyl (C=O) groups is 3. The molecule has 0 saturated carbocycles. The molecule has 0 aliphatic heterocycles. The Balaban J connectivity index is 2.47. The van der Waals surface area contributed by atoms with Gasteiger partial charge in [0.05, 0.1) is 0 Å². The van der Waals surface area contributed by atoms with E-state index in [0.29, 0.717) is 36.4 Å². The lowest BCUT2D eigenvalue weighted by Crippen LogP contribution is -2.53. The van der Waals surface area contributed by atoms with Gasteiger partial charge < -0.3 is 20.3 Å². The molecule has 2 atom stereocenters. The fourth-order valence-corrected chi connectivity index (χ4v) is 4.63. The second-order valence-electron chi connectivity index (χ2n) is 10.6. The summed E-state index contributed by atoms with van der Waals surface area (Å²) in [5.41, 5.74) is 1.57. The summed E-state index contributed by atoms with van der Waals surface area (Å²) in [7, 11) is 0. The number of benzene rings is 2. The Hall–Kier alpha value is -3.44. The lowest BCUT2D eigenvalue weighted by molar-refractivity contribution is -0.142. The summed E-state index contributed by atoms with van der Waals surface area (Å²) in [6, 6.07) is 15.0. The van der Waals surface area contributed by atoms with Crippen molar-refractivity contribution >= 4 is 29.7 Å². The maximum absolute atomic E-state index is 14.2. The van der Waals surface area contributed by atoms with E-state index in [2.05, 4.69) is 23.5 Å². The number of carbonyl (C=O) groups excluding carboxylic acids is 3. The molecule has 8 heteroatoms. The second-order valence-corrected chi connectivity index (χ2v) is 11.6. The number of rotatable bonds is 14. The van der Waals surface area contributed by atoms with Gasteiger partial charge in [-0.3, -0.25) is 9.59 Å². The first-order chi connectivity index (χ1) is 19.1. The highest BCUT2D eigenvalue weighted by Crippen LogP contribution is 2.25. The maximum Gasteiger partial charge on any atom is 0.408 e. The molecule has 0 radical (unpaired) electrons. The van der Waals surface area contributed by atoms with E-state index in [-0.39, 0.29) is 11.8 Å². The van der Waals surface area contributed by atoms with Crippen LogP contribution in [0.5, 0.6) is 0 Å². The van der Waals surface area contributed by atoms with E-state index >= 15 is 0 Å². The van der Waals surface area contributed by atoms with Crippen LogP contribution in [0, 0.1) is 12.3 Å². The number of nitrogens with zero attached hydrogens (tertiary/aromatic N) is 1. The predicted octanol–water partition coefficient (Wildman–Crippen LogP) is 5.69. The maximum atomic E-state index is 14.2. The number of terminal acetylenes is 1. The summed E-state index contributed by atoms with van der Waals surface area (Å²) in [5, 5.41) is 5.79. The average Bonchev–Trinajstić information content (AvgIpc) is 2.93. The van der Waals surface area contributed by atoms with Crippen LogP contribution in [0.1, 0.15) is 76.1 Å². The normalized spacial score (nSPS) is 12.5. The van der Waals surface area contributed by atoms with E-state index in [9.17, 15) is 14.4 Å². The average molecular weight is 566 g/mol. The van der Waals surface area contributed by atoms with Crippen LogP contribution in [0.2, 0.25) is 0 Å². The molecule has 0 spiro atoms. The minimum atomic E-state index is -0.905. The number of amides is 3. The number of ether oxygens (including phenoxy) is 1. The molecule has 0 aliphatic rings. The number of alkyl carbamates (subject to hydrolysis) is 1. The summed E-state index contributed by atoms with van der Waals surface area (Å²) in [6.07, 6.45) is 9.82. The molecule has 0 heterocycles. The second kappa shape index (κ2) is 16.6. The number of nitrogens with one attached hydrogen (secondary N) is 2. The molecule has 0 aliphatic carbocycles. The number of hydrogen-bond donors (Lipinski definition) is 2. The van der Waals surface area contributed by atoms with Gasteiger partial charge in [0.1, 0.15) is 17.7 Å². The quantitative estimate of drug-likeness (QED) is 0.227. The summed E-state index contributed by atoms with van der Waals surface area (Å²) in [4.78, 5) is 42.3. The van der Waals surface area contributed by atoms with Crippen molar-refractivity contribution in [3.63, 3.8) is 0 Å². The third-order valence-electron chi connectivity index (χ3n) is 6.15. The highest BCUT2D eigenvalue weighted by Gasteiger charge is 2.36. The summed E-state index contributed by atoms with van der Waals surface area (Å²) < 4.78 is 5.46. The molecular weight excluding hydrogens is 522 g/mol. The van der Waals surface area contributed by atoms with Gasteiger partial charge in [-0.05, 0) is 68.9 Å². The molecule has 2 aromatic carbocycles. The molecule has 3 amide bonds. The molecule has 7 nitrogen and oxygen atoms in total. The van der Waals surface area contributed by atoms with E-state index in [4.69, 9.17) is 11.2 Å². The first-order valence-electron chi connectivity index (χ1n) is 13.8. The van der Waals surface area contributed by atoms with Gasteiger partial charge in [-0.1, -0.05) is 68.2 Å². The van der Waals surface area contributed by atoms with E-state index in [1.807, 2.05) is 36.6 Å². The van der Waals surface area contributed by atoms with Crippen molar-refractivity contribution in [1.29, 1.82) is 0 Å². The van der Waals surface area contributed by atoms with Crippen LogP contribution in [0.3, 0.4) is 0 Å². The molecule has 2 unspecified atom stereocenters. The minimum absolute atomic E-state index is 0.303. The van der Waals surface area contributed by atoms with Crippen LogP contribution < -0.4 is 10.6 Å². The number of thioether (sulfide) groups is 1. The van der Waals surface area contributed by atoms with Crippen LogP contribution in [-0.4, -0.2) is 53.0 Å².